The van der Waals surface area contributed by atoms with E-state index < -0.39 is 54.4 Å². The maximum atomic E-state index is 14.2. The summed E-state index contributed by atoms with van der Waals surface area (Å²) in [6, 6.07) is 17.0. The SMILES string of the molecule is Nc1ccc(C(=O)C(CC(CO)(CO)CO)(C(=O)c2ccc(N)cc2)C(=O)c2ccc(N)cc2)cc1. The average Bonchev–Trinajstić information content (AvgIpc) is 2.90. The summed E-state index contributed by atoms with van der Waals surface area (Å²) in [4.78, 5) is 42.6. The molecule has 9 nitrogen and oxygen atoms in total. The van der Waals surface area contributed by atoms with Crippen LogP contribution in [0.1, 0.15) is 37.5 Å². The molecule has 0 atom stereocenters. The summed E-state index contributed by atoms with van der Waals surface area (Å²) in [6.45, 7) is -2.37. The van der Waals surface area contributed by atoms with Gasteiger partial charge in [-0.05, 0) is 79.2 Å². The third kappa shape index (κ3) is 4.99. The molecule has 0 fully saturated rings. The highest BCUT2D eigenvalue weighted by Crippen LogP contribution is 2.42. The third-order valence-electron chi connectivity index (χ3n) is 6.33. The zero-order chi connectivity index (χ0) is 26.5. The Morgan fingerprint density at radius 2 is 0.778 bits per heavy atom. The van der Waals surface area contributed by atoms with Crippen molar-refractivity contribution in [1.82, 2.24) is 0 Å². The Balaban J connectivity index is 2.35. The molecule has 0 aliphatic rings. The fraction of sp³-hybridized carbons (Fsp3) is 0.222. The van der Waals surface area contributed by atoms with Crippen molar-refractivity contribution < 1.29 is 29.7 Å². The van der Waals surface area contributed by atoms with Gasteiger partial charge in [0, 0.05) is 39.2 Å². The van der Waals surface area contributed by atoms with Gasteiger partial charge in [0.25, 0.3) is 0 Å². The fourth-order valence-corrected chi connectivity index (χ4v) is 4.07. The summed E-state index contributed by atoms with van der Waals surface area (Å²) in [6.07, 6.45) is -0.668. The van der Waals surface area contributed by atoms with E-state index in [4.69, 9.17) is 17.2 Å². The topological polar surface area (TPSA) is 190 Å². The highest BCUT2D eigenvalue weighted by Gasteiger charge is 2.56. The molecule has 0 aliphatic heterocycles. The largest absolute Gasteiger partial charge is 0.399 e. The number of carbonyl (C=O) groups is 3. The van der Waals surface area contributed by atoms with Gasteiger partial charge in [0.1, 0.15) is 0 Å². The number of hydrogen-bond acceptors (Lipinski definition) is 9. The van der Waals surface area contributed by atoms with Gasteiger partial charge in [-0.3, -0.25) is 14.4 Å². The van der Waals surface area contributed by atoms with Gasteiger partial charge < -0.3 is 32.5 Å². The molecule has 0 saturated carbocycles. The molecule has 0 radical (unpaired) electrons. The molecule has 0 heterocycles. The van der Waals surface area contributed by atoms with Crippen LogP contribution in [0.3, 0.4) is 0 Å². The van der Waals surface area contributed by atoms with E-state index >= 15 is 0 Å². The van der Waals surface area contributed by atoms with Crippen LogP contribution in [-0.4, -0.2) is 52.5 Å². The van der Waals surface area contributed by atoms with Crippen molar-refractivity contribution in [2.75, 3.05) is 37.0 Å². The number of nitrogen functional groups attached to an aromatic ring is 3. The lowest BCUT2D eigenvalue weighted by Crippen LogP contribution is -2.52. The van der Waals surface area contributed by atoms with Gasteiger partial charge >= 0.3 is 0 Å². The van der Waals surface area contributed by atoms with Crippen LogP contribution < -0.4 is 17.2 Å². The standard InChI is InChI=1S/C27H29N3O6/c28-20-7-1-17(2-8-20)23(34)27(13-26(14-31,15-32)16-33,24(35)18-3-9-21(29)10-4-18)25(36)19-5-11-22(30)12-6-19/h1-12,31-33H,13-16,28-30H2. The molecule has 3 aromatic rings. The molecule has 0 spiro atoms. The first-order valence-corrected chi connectivity index (χ1v) is 11.2. The Kier molecular flexibility index (Phi) is 7.89. The van der Waals surface area contributed by atoms with Gasteiger partial charge in [-0.1, -0.05) is 0 Å². The van der Waals surface area contributed by atoms with Gasteiger partial charge in [0.2, 0.25) is 0 Å². The highest BCUT2D eigenvalue weighted by atomic mass is 16.3. The number of Topliss-reactive ketones (excluding diaryl/α,β-unsaturated/α-hetero) is 3. The molecule has 3 aromatic carbocycles. The normalized spacial score (nSPS) is 11.8. The van der Waals surface area contributed by atoms with E-state index in [0.717, 1.165) is 0 Å². The number of aliphatic hydroxyl groups excluding tert-OH is 3. The second-order valence-electron chi connectivity index (χ2n) is 8.91. The monoisotopic (exact) mass is 491 g/mol. The first kappa shape index (κ1) is 26.6. The Hall–Kier alpha value is -4.05. The zero-order valence-corrected chi connectivity index (χ0v) is 19.6. The molecule has 36 heavy (non-hydrogen) atoms. The Morgan fingerprint density at radius 1 is 0.528 bits per heavy atom. The smallest absolute Gasteiger partial charge is 0.184 e. The number of nitrogens with two attached hydrogens (primary N) is 3. The van der Waals surface area contributed by atoms with Gasteiger partial charge in [-0.15, -0.1) is 0 Å². The highest BCUT2D eigenvalue weighted by molar-refractivity contribution is 6.35. The van der Waals surface area contributed by atoms with Gasteiger partial charge in [-0.2, -0.15) is 0 Å². The van der Waals surface area contributed by atoms with Crippen LogP contribution >= 0.6 is 0 Å². The summed E-state index contributed by atoms with van der Waals surface area (Å²) in [5, 5.41) is 30.3. The van der Waals surface area contributed by atoms with E-state index in [-0.39, 0.29) is 16.7 Å². The second-order valence-corrected chi connectivity index (χ2v) is 8.91. The fourth-order valence-electron chi connectivity index (χ4n) is 4.07. The average molecular weight is 492 g/mol. The number of aliphatic hydroxyl groups is 3. The summed E-state index contributed by atoms with van der Waals surface area (Å²) >= 11 is 0. The second kappa shape index (κ2) is 10.7. The van der Waals surface area contributed by atoms with Crippen LogP contribution in [0.4, 0.5) is 17.1 Å². The zero-order valence-electron chi connectivity index (χ0n) is 19.6. The molecule has 0 bridgehead atoms. The van der Waals surface area contributed by atoms with Crippen molar-refractivity contribution in [3.05, 3.63) is 89.5 Å². The molecule has 188 valence electrons. The van der Waals surface area contributed by atoms with Crippen molar-refractivity contribution in [3.63, 3.8) is 0 Å². The van der Waals surface area contributed by atoms with Gasteiger partial charge in [-0.25, -0.2) is 0 Å². The summed E-state index contributed by atoms with van der Waals surface area (Å²) in [5.74, 6) is -2.61. The maximum Gasteiger partial charge on any atom is 0.184 e. The number of anilines is 3. The Morgan fingerprint density at radius 3 is 1.00 bits per heavy atom. The van der Waals surface area contributed by atoms with Crippen LogP contribution in [0, 0.1) is 10.8 Å². The molecule has 3 rings (SSSR count). The lowest BCUT2D eigenvalue weighted by molar-refractivity contribution is -0.0190. The molecular weight excluding hydrogens is 462 g/mol. The summed E-state index contributed by atoms with van der Waals surface area (Å²) in [7, 11) is 0. The quantitative estimate of drug-likeness (QED) is 0.132. The van der Waals surface area contributed by atoms with Crippen LogP contribution in [0.2, 0.25) is 0 Å². The Labute approximate surface area is 208 Å². The van der Waals surface area contributed by atoms with E-state index in [0.29, 0.717) is 17.1 Å². The summed E-state index contributed by atoms with van der Waals surface area (Å²) in [5.41, 5.74) is 14.2. The number of rotatable bonds is 11. The number of hydrogen-bond donors (Lipinski definition) is 6. The first-order chi connectivity index (χ1) is 17.1. The van der Waals surface area contributed by atoms with E-state index in [1.807, 2.05) is 0 Å². The van der Waals surface area contributed by atoms with Gasteiger partial charge in [0.15, 0.2) is 22.8 Å². The lowest BCUT2D eigenvalue weighted by Gasteiger charge is -2.38. The van der Waals surface area contributed by atoms with Crippen LogP contribution in [-0.2, 0) is 0 Å². The number of carbonyl (C=O) groups excluding carboxylic acids is 3. The first-order valence-electron chi connectivity index (χ1n) is 11.2. The lowest BCUT2D eigenvalue weighted by atomic mass is 9.61. The minimum atomic E-state index is -2.46. The minimum absolute atomic E-state index is 0.0134. The predicted molar refractivity (Wildman–Crippen MR) is 136 cm³/mol. The molecule has 0 amide bonds. The molecule has 9 N–H and O–H groups in total. The molecule has 9 heteroatoms. The summed E-state index contributed by atoms with van der Waals surface area (Å²) < 4.78 is 0. The van der Waals surface area contributed by atoms with Crippen LogP contribution in [0.15, 0.2) is 72.8 Å². The minimum Gasteiger partial charge on any atom is -0.399 e. The van der Waals surface area contributed by atoms with Crippen molar-refractivity contribution in [3.8, 4) is 0 Å². The Bertz CT molecular complexity index is 1090. The van der Waals surface area contributed by atoms with E-state index in [9.17, 15) is 29.7 Å². The van der Waals surface area contributed by atoms with Gasteiger partial charge in [0.05, 0.1) is 19.8 Å². The number of benzene rings is 3. The van der Waals surface area contributed by atoms with E-state index in [2.05, 4.69) is 0 Å². The molecule has 0 aliphatic carbocycles. The predicted octanol–water partition coefficient (Wildman–Crippen LogP) is 1.72. The van der Waals surface area contributed by atoms with Crippen molar-refractivity contribution in [2.45, 2.75) is 6.42 Å². The van der Waals surface area contributed by atoms with Crippen molar-refractivity contribution >= 4 is 34.4 Å². The van der Waals surface area contributed by atoms with Crippen molar-refractivity contribution in [2.24, 2.45) is 10.8 Å². The van der Waals surface area contributed by atoms with Crippen molar-refractivity contribution in [1.29, 1.82) is 0 Å². The molecule has 0 saturated heterocycles. The molecule has 0 unspecified atom stereocenters. The van der Waals surface area contributed by atoms with E-state index in [1.165, 1.54) is 72.8 Å². The maximum absolute atomic E-state index is 14.2. The van der Waals surface area contributed by atoms with Crippen LogP contribution in [0.5, 0.6) is 0 Å². The third-order valence-corrected chi connectivity index (χ3v) is 6.33. The van der Waals surface area contributed by atoms with E-state index in [1.54, 1.807) is 0 Å². The number of ketones is 3. The van der Waals surface area contributed by atoms with Crippen LogP contribution in [0.25, 0.3) is 0 Å². The molecular formula is C27H29N3O6. The molecule has 0 aromatic heterocycles.